The van der Waals surface area contributed by atoms with Crippen LogP contribution in [-0.4, -0.2) is 11.7 Å². The number of amides is 1. The van der Waals surface area contributed by atoms with Crippen molar-refractivity contribution < 1.29 is 9.53 Å². The van der Waals surface area contributed by atoms with Gasteiger partial charge in [-0.1, -0.05) is 18.2 Å². The first-order valence-electron chi connectivity index (χ1n) is 6.19. The van der Waals surface area contributed by atoms with Crippen LogP contribution >= 0.6 is 0 Å². The summed E-state index contributed by atoms with van der Waals surface area (Å²) < 4.78 is 5.24. The van der Waals surface area contributed by atoms with Crippen molar-refractivity contribution in [2.45, 2.75) is 44.8 Å². The summed E-state index contributed by atoms with van der Waals surface area (Å²) in [6, 6.07) is 7.62. The van der Waals surface area contributed by atoms with E-state index in [1.165, 1.54) is 0 Å². The molecule has 1 amide bonds. The Morgan fingerprint density at radius 2 is 1.94 bits per heavy atom. The molecule has 0 bridgehead atoms. The summed E-state index contributed by atoms with van der Waals surface area (Å²) in [4.78, 5) is 11.8. The molecule has 1 saturated carbocycles. The quantitative estimate of drug-likeness (QED) is 0.845. The van der Waals surface area contributed by atoms with Crippen LogP contribution in [0.25, 0.3) is 0 Å². The first kappa shape index (κ1) is 12.9. The predicted molar refractivity (Wildman–Crippen MR) is 71.4 cm³/mol. The molecule has 0 aliphatic heterocycles. The fraction of sp³-hybridized carbons (Fsp3) is 0.500. The van der Waals surface area contributed by atoms with Crippen molar-refractivity contribution in [3.8, 4) is 0 Å². The Morgan fingerprint density at radius 1 is 1.33 bits per heavy atom. The molecule has 0 aromatic heterocycles. The maximum atomic E-state index is 11.8. The summed E-state index contributed by atoms with van der Waals surface area (Å²) in [6.45, 7) is 5.51. The first-order chi connectivity index (χ1) is 8.30. The number of para-hydroxylation sites is 1. The average Bonchev–Trinajstić information content (AvgIpc) is 2.95. The summed E-state index contributed by atoms with van der Waals surface area (Å²) in [5.41, 5.74) is 7.13. The van der Waals surface area contributed by atoms with Crippen LogP contribution in [0.15, 0.2) is 24.3 Å². The first-order valence-corrected chi connectivity index (χ1v) is 6.19. The van der Waals surface area contributed by atoms with Gasteiger partial charge in [-0.2, -0.15) is 0 Å². The van der Waals surface area contributed by atoms with Crippen molar-refractivity contribution in [3.63, 3.8) is 0 Å². The van der Waals surface area contributed by atoms with Crippen LogP contribution < -0.4 is 11.1 Å². The Balaban J connectivity index is 2.12. The van der Waals surface area contributed by atoms with E-state index in [-0.39, 0.29) is 5.54 Å². The number of carbonyl (C=O) groups excluding carboxylic acids is 1. The molecule has 18 heavy (non-hydrogen) atoms. The maximum Gasteiger partial charge on any atom is 0.412 e. The molecule has 1 aliphatic carbocycles. The third kappa shape index (κ3) is 3.01. The van der Waals surface area contributed by atoms with Crippen LogP contribution in [-0.2, 0) is 10.3 Å². The van der Waals surface area contributed by atoms with Crippen molar-refractivity contribution in [1.29, 1.82) is 0 Å². The van der Waals surface area contributed by atoms with Crippen molar-refractivity contribution in [2.24, 2.45) is 5.73 Å². The number of rotatable bonds is 2. The lowest BCUT2D eigenvalue weighted by molar-refractivity contribution is 0.0636. The molecule has 1 aromatic rings. The summed E-state index contributed by atoms with van der Waals surface area (Å²) in [5.74, 6) is 0. The van der Waals surface area contributed by atoms with Crippen molar-refractivity contribution in [3.05, 3.63) is 29.8 Å². The molecule has 98 valence electrons. The number of nitrogens with two attached hydrogens (primary N) is 1. The van der Waals surface area contributed by atoms with E-state index < -0.39 is 11.7 Å². The number of hydrogen-bond acceptors (Lipinski definition) is 3. The molecule has 0 heterocycles. The zero-order valence-electron chi connectivity index (χ0n) is 11.1. The van der Waals surface area contributed by atoms with E-state index in [4.69, 9.17) is 10.5 Å². The van der Waals surface area contributed by atoms with E-state index in [0.29, 0.717) is 0 Å². The minimum Gasteiger partial charge on any atom is -0.444 e. The van der Waals surface area contributed by atoms with Crippen LogP contribution in [0.5, 0.6) is 0 Å². The summed E-state index contributed by atoms with van der Waals surface area (Å²) in [5, 5.41) is 2.77. The summed E-state index contributed by atoms with van der Waals surface area (Å²) >= 11 is 0. The minimum atomic E-state index is -0.501. The monoisotopic (exact) mass is 248 g/mol. The molecule has 4 heteroatoms. The minimum absolute atomic E-state index is 0.272. The number of ether oxygens (including phenoxy) is 1. The molecule has 1 aromatic carbocycles. The molecular formula is C14H20N2O2. The Kier molecular flexibility index (Phi) is 3.07. The molecule has 3 N–H and O–H groups in total. The van der Waals surface area contributed by atoms with Gasteiger partial charge < -0.3 is 10.5 Å². The van der Waals surface area contributed by atoms with Gasteiger partial charge in [0.15, 0.2) is 0 Å². The highest BCUT2D eigenvalue weighted by Gasteiger charge is 2.41. The highest BCUT2D eigenvalue weighted by molar-refractivity contribution is 5.86. The number of benzene rings is 1. The topological polar surface area (TPSA) is 64.3 Å². The average molecular weight is 248 g/mol. The summed E-state index contributed by atoms with van der Waals surface area (Å²) in [7, 11) is 0. The number of nitrogens with one attached hydrogen (secondary N) is 1. The molecule has 0 radical (unpaired) electrons. The van der Waals surface area contributed by atoms with Crippen LogP contribution in [0, 0.1) is 0 Å². The van der Waals surface area contributed by atoms with E-state index in [9.17, 15) is 4.79 Å². The Morgan fingerprint density at radius 3 is 2.50 bits per heavy atom. The molecule has 1 aliphatic rings. The van der Waals surface area contributed by atoms with E-state index in [2.05, 4.69) is 5.32 Å². The normalized spacial score (nSPS) is 17.1. The Hall–Kier alpha value is -1.55. The van der Waals surface area contributed by atoms with Gasteiger partial charge in [-0.3, -0.25) is 5.32 Å². The summed E-state index contributed by atoms with van der Waals surface area (Å²) in [6.07, 6.45) is 1.47. The van der Waals surface area contributed by atoms with Gasteiger partial charge in [-0.25, -0.2) is 4.79 Å². The molecular weight excluding hydrogens is 228 g/mol. The molecule has 1 fully saturated rings. The molecule has 0 unspecified atom stereocenters. The third-order valence-electron chi connectivity index (χ3n) is 2.89. The predicted octanol–water partition coefficient (Wildman–Crippen LogP) is 2.98. The van der Waals surface area contributed by atoms with Gasteiger partial charge in [-0.15, -0.1) is 0 Å². The Bertz CT molecular complexity index is 459. The van der Waals surface area contributed by atoms with Crippen LogP contribution in [0.3, 0.4) is 0 Å². The molecule has 2 rings (SSSR count). The van der Waals surface area contributed by atoms with E-state index >= 15 is 0 Å². The number of hydrogen-bond donors (Lipinski definition) is 2. The van der Waals surface area contributed by atoms with Crippen molar-refractivity contribution in [1.82, 2.24) is 0 Å². The lowest BCUT2D eigenvalue weighted by atomic mass is 10.0. The zero-order chi connectivity index (χ0) is 13.4. The van der Waals surface area contributed by atoms with Crippen LogP contribution in [0.4, 0.5) is 10.5 Å². The third-order valence-corrected chi connectivity index (χ3v) is 2.89. The van der Waals surface area contributed by atoms with Gasteiger partial charge in [0.25, 0.3) is 0 Å². The van der Waals surface area contributed by atoms with Gasteiger partial charge in [0.1, 0.15) is 5.60 Å². The second-order valence-corrected chi connectivity index (χ2v) is 5.83. The SMILES string of the molecule is CC(C)(C)OC(=O)Nc1ccccc1C1(N)CC1. The van der Waals surface area contributed by atoms with E-state index in [0.717, 1.165) is 24.1 Å². The number of anilines is 1. The Labute approximate surface area is 108 Å². The smallest absolute Gasteiger partial charge is 0.412 e. The van der Waals surface area contributed by atoms with E-state index in [1.54, 1.807) is 0 Å². The lowest BCUT2D eigenvalue weighted by Gasteiger charge is -2.21. The van der Waals surface area contributed by atoms with Crippen molar-refractivity contribution in [2.75, 3.05) is 5.32 Å². The molecule has 4 nitrogen and oxygen atoms in total. The van der Waals surface area contributed by atoms with E-state index in [1.807, 2.05) is 45.0 Å². The van der Waals surface area contributed by atoms with Gasteiger partial charge in [-0.05, 0) is 45.2 Å². The zero-order valence-corrected chi connectivity index (χ0v) is 11.1. The van der Waals surface area contributed by atoms with Gasteiger partial charge in [0.05, 0.1) is 0 Å². The van der Waals surface area contributed by atoms with Gasteiger partial charge >= 0.3 is 6.09 Å². The van der Waals surface area contributed by atoms with Crippen molar-refractivity contribution >= 4 is 11.8 Å². The highest BCUT2D eigenvalue weighted by Crippen LogP contribution is 2.45. The van der Waals surface area contributed by atoms with Crippen LogP contribution in [0.2, 0.25) is 0 Å². The number of carbonyl (C=O) groups is 1. The second-order valence-electron chi connectivity index (χ2n) is 5.83. The fourth-order valence-corrected chi connectivity index (χ4v) is 1.84. The fourth-order valence-electron chi connectivity index (χ4n) is 1.84. The maximum absolute atomic E-state index is 11.8. The van der Waals surface area contributed by atoms with Gasteiger partial charge in [0.2, 0.25) is 0 Å². The standard InChI is InChI=1S/C14H20N2O2/c1-13(2,3)18-12(17)16-11-7-5-4-6-10(11)14(15)8-9-14/h4-7H,8-9,15H2,1-3H3,(H,16,17). The van der Waals surface area contributed by atoms with Gasteiger partial charge in [0, 0.05) is 11.2 Å². The second kappa shape index (κ2) is 4.28. The molecule has 0 saturated heterocycles. The molecule has 0 spiro atoms. The highest BCUT2D eigenvalue weighted by atomic mass is 16.6. The van der Waals surface area contributed by atoms with Crippen LogP contribution in [0.1, 0.15) is 39.2 Å². The molecule has 0 atom stereocenters. The lowest BCUT2D eigenvalue weighted by Crippen LogP contribution is -2.28. The largest absolute Gasteiger partial charge is 0.444 e.